The van der Waals surface area contributed by atoms with Crippen LogP contribution < -0.4 is 4.57 Å². The number of fused-ring (bicyclic) bond motifs is 3. The Morgan fingerprint density at radius 3 is 2.48 bits per heavy atom. The number of allylic oxidation sites excluding steroid dienone is 4. The Morgan fingerprint density at radius 2 is 1.67 bits per heavy atom. The van der Waals surface area contributed by atoms with Gasteiger partial charge in [0.1, 0.15) is 0 Å². The zero-order chi connectivity index (χ0) is 14.4. The zero-order valence-corrected chi connectivity index (χ0v) is 12.7. The van der Waals surface area contributed by atoms with Crippen molar-refractivity contribution >= 4 is 5.57 Å². The van der Waals surface area contributed by atoms with Gasteiger partial charge in [-0.25, -0.2) is 0 Å². The molecule has 1 heteroatoms. The van der Waals surface area contributed by atoms with E-state index in [1.54, 1.807) is 0 Å². The third kappa shape index (κ3) is 1.96. The second-order valence-corrected chi connectivity index (χ2v) is 6.12. The molecule has 1 aliphatic carbocycles. The molecule has 0 saturated heterocycles. The number of nitrogens with zero attached hydrogens (tertiary/aromatic N) is 1. The van der Waals surface area contributed by atoms with E-state index in [9.17, 15) is 0 Å². The van der Waals surface area contributed by atoms with Gasteiger partial charge in [0.25, 0.3) is 0 Å². The largest absolute Gasteiger partial charge is 0.212 e. The third-order valence-electron chi connectivity index (χ3n) is 4.66. The van der Waals surface area contributed by atoms with Crippen molar-refractivity contribution < 1.29 is 4.57 Å². The molecule has 0 spiro atoms. The fourth-order valence-electron chi connectivity index (χ4n) is 3.67. The van der Waals surface area contributed by atoms with Crippen molar-refractivity contribution in [3.05, 3.63) is 71.1 Å². The van der Waals surface area contributed by atoms with Crippen molar-refractivity contribution in [1.82, 2.24) is 0 Å². The molecule has 0 radical (unpaired) electrons. The summed E-state index contributed by atoms with van der Waals surface area (Å²) in [7, 11) is 0. The summed E-state index contributed by atoms with van der Waals surface area (Å²) in [4.78, 5) is 0. The topological polar surface area (TPSA) is 3.88 Å². The number of hydrogen-bond acceptors (Lipinski definition) is 0. The summed E-state index contributed by atoms with van der Waals surface area (Å²) in [5, 5.41) is 0. The van der Waals surface area contributed by atoms with Gasteiger partial charge in [-0.2, -0.15) is 4.57 Å². The second-order valence-electron chi connectivity index (χ2n) is 6.12. The first-order valence-corrected chi connectivity index (χ1v) is 7.74. The number of rotatable bonds is 1. The van der Waals surface area contributed by atoms with Crippen LogP contribution >= 0.6 is 0 Å². The molecule has 1 aromatic carbocycles. The monoisotopic (exact) mass is 274 g/mol. The van der Waals surface area contributed by atoms with Gasteiger partial charge < -0.3 is 0 Å². The normalized spacial score (nSPS) is 16.1. The van der Waals surface area contributed by atoms with E-state index in [1.807, 2.05) is 0 Å². The molecule has 0 atom stereocenters. The van der Waals surface area contributed by atoms with Crippen LogP contribution in [0.15, 0.2) is 54.3 Å². The Bertz CT molecular complexity index is 773. The highest BCUT2D eigenvalue weighted by molar-refractivity contribution is 5.79. The minimum Gasteiger partial charge on any atom is -0.193 e. The van der Waals surface area contributed by atoms with Crippen LogP contribution in [0.2, 0.25) is 0 Å². The van der Waals surface area contributed by atoms with Gasteiger partial charge in [0.05, 0.1) is 5.57 Å². The van der Waals surface area contributed by atoms with Crippen LogP contribution in [0, 0.1) is 13.8 Å². The molecule has 2 heterocycles. The van der Waals surface area contributed by atoms with Gasteiger partial charge in [0.15, 0.2) is 12.7 Å². The van der Waals surface area contributed by atoms with Crippen molar-refractivity contribution in [2.75, 3.05) is 0 Å². The first kappa shape index (κ1) is 12.6. The summed E-state index contributed by atoms with van der Waals surface area (Å²) in [6.07, 6.45) is 9.49. The minimum atomic E-state index is 1.03. The predicted octanol–water partition coefficient (Wildman–Crippen LogP) is 4.38. The van der Waals surface area contributed by atoms with Gasteiger partial charge in [-0.15, -0.1) is 0 Å². The number of pyridine rings is 1. The molecule has 0 bridgehead atoms. The molecule has 2 aliphatic rings. The van der Waals surface area contributed by atoms with Gasteiger partial charge in [-0.1, -0.05) is 30.4 Å². The SMILES string of the molecule is Cc1cccc(C)c1-c1ccc2[n+](c1)CC1=CCCC=C12. The van der Waals surface area contributed by atoms with E-state index in [0.717, 1.165) is 6.54 Å². The standard InChI is InChI=1S/C20H20N/c1-14-6-5-7-15(2)20(14)17-10-11-19-18-9-4-3-8-16(18)12-21(19)13-17/h5-11,13H,3-4,12H2,1-2H3/q+1. The number of aryl methyl sites for hydroxylation is 2. The van der Waals surface area contributed by atoms with Crippen LogP contribution in [0.5, 0.6) is 0 Å². The average molecular weight is 274 g/mol. The molecule has 0 amide bonds. The van der Waals surface area contributed by atoms with Gasteiger partial charge in [-0.05, 0) is 49.4 Å². The summed E-state index contributed by atoms with van der Waals surface area (Å²) < 4.78 is 2.41. The van der Waals surface area contributed by atoms with Gasteiger partial charge >= 0.3 is 0 Å². The molecule has 0 N–H and O–H groups in total. The van der Waals surface area contributed by atoms with E-state index >= 15 is 0 Å². The highest BCUT2D eigenvalue weighted by Crippen LogP contribution is 2.33. The lowest BCUT2D eigenvalue weighted by Crippen LogP contribution is -2.32. The fourth-order valence-corrected chi connectivity index (χ4v) is 3.67. The Morgan fingerprint density at radius 1 is 0.905 bits per heavy atom. The molecular weight excluding hydrogens is 254 g/mol. The first-order chi connectivity index (χ1) is 10.2. The Hall–Kier alpha value is -2.15. The van der Waals surface area contributed by atoms with E-state index in [2.05, 4.69) is 67.1 Å². The van der Waals surface area contributed by atoms with Gasteiger partial charge in [0, 0.05) is 17.2 Å². The molecule has 21 heavy (non-hydrogen) atoms. The van der Waals surface area contributed by atoms with Crippen molar-refractivity contribution in [3.63, 3.8) is 0 Å². The Balaban J connectivity index is 1.86. The highest BCUT2D eigenvalue weighted by Gasteiger charge is 2.30. The number of aromatic nitrogens is 1. The molecule has 2 aromatic rings. The lowest BCUT2D eigenvalue weighted by atomic mass is 9.96. The van der Waals surface area contributed by atoms with E-state index in [-0.39, 0.29) is 0 Å². The third-order valence-corrected chi connectivity index (χ3v) is 4.66. The molecule has 0 fully saturated rings. The fraction of sp³-hybridized carbons (Fsp3) is 0.250. The Labute approximate surface area is 126 Å². The molecule has 0 unspecified atom stereocenters. The van der Waals surface area contributed by atoms with Gasteiger partial charge in [-0.3, -0.25) is 0 Å². The summed E-state index contributed by atoms with van der Waals surface area (Å²) in [5.74, 6) is 0. The molecule has 0 saturated carbocycles. The summed E-state index contributed by atoms with van der Waals surface area (Å²) in [6.45, 7) is 5.43. The summed E-state index contributed by atoms with van der Waals surface area (Å²) in [6, 6.07) is 11.1. The molecule has 1 aromatic heterocycles. The van der Waals surface area contributed by atoms with E-state index in [1.165, 1.54) is 51.9 Å². The Kier molecular flexibility index (Phi) is 2.81. The highest BCUT2D eigenvalue weighted by atomic mass is 15.0. The summed E-state index contributed by atoms with van der Waals surface area (Å²) >= 11 is 0. The van der Waals surface area contributed by atoms with Crippen LogP contribution in [0.4, 0.5) is 0 Å². The molecule has 1 nitrogen and oxygen atoms in total. The smallest absolute Gasteiger partial charge is 0.193 e. The maximum atomic E-state index is 2.41. The molecular formula is C20H20N+. The van der Waals surface area contributed by atoms with E-state index in [4.69, 9.17) is 0 Å². The number of benzene rings is 1. The van der Waals surface area contributed by atoms with Crippen LogP contribution in [0.25, 0.3) is 16.7 Å². The average Bonchev–Trinajstić information content (AvgIpc) is 2.85. The predicted molar refractivity (Wildman–Crippen MR) is 86.8 cm³/mol. The van der Waals surface area contributed by atoms with Crippen LogP contribution in [0.3, 0.4) is 0 Å². The lowest BCUT2D eigenvalue weighted by molar-refractivity contribution is -0.683. The quantitative estimate of drug-likeness (QED) is 0.680. The van der Waals surface area contributed by atoms with Crippen LogP contribution in [-0.4, -0.2) is 0 Å². The van der Waals surface area contributed by atoms with Crippen molar-refractivity contribution in [2.45, 2.75) is 33.2 Å². The maximum absolute atomic E-state index is 2.41. The van der Waals surface area contributed by atoms with E-state index in [0.29, 0.717) is 0 Å². The van der Waals surface area contributed by atoms with Crippen LogP contribution in [0.1, 0.15) is 29.7 Å². The molecule has 1 aliphatic heterocycles. The van der Waals surface area contributed by atoms with Crippen molar-refractivity contribution in [3.8, 4) is 11.1 Å². The molecule has 4 rings (SSSR count). The maximum Gasteiger partial charge on any atom is 0.212 e. The zero-order valence-electron chi connectivity index (χ0n) is 12.7. The second kappa shape index (κ2) is 4.70. The summed E-state index contributed by atoms with van der Waals surface area (Å²) in [5.41, 5.74) is 9.73. The first-order valence-electron chi connectivity index (χ1n) is 7.74. The minimum absolute atomic E-state index is 1.03. The number of hydrogen-bond donors (Lipinski definition) is 0. The van der Waals surface area contributed by atoms with Gasteiger partial charge in [0.2, 0.25) is 5.69 Å². The molecule has 104 valence electrons. The van der Waals surface area contributed by atoms with E-state index < -0.39 is 0 Å². The van der Waals surface area contributed by atoms with Crippen molar-refractivity contribution in [1.29, 1.82) is 0 Å². The lowest BCUT2D eigenvalue weighted by Gasteiger charge is -2.08. The van der Waals surface area contributed by atoms with Crippen molar-refractivity contribution in [2.24, 2.45) is 0 Å². The van der Waals surface area contributed by atoms with Crippen LogP contribution in [-0.2, 0) is 6.54 Å².